The molecule has 0 saturated carbocycles. The van der Waals surface area contributed by atoms with E-state index in [1.54, 1.807) is 36.4 Å². The number of unbranched alkanes of at least 4 members (excludes halogenated alkanes) is 6. The Kier molecular flexibility index (Phi) is 39.6. The van der Waals surface area contributed by atoms with Gasteiger partial charge in [-0.3, -0.25) is 38.4 Å². The highest BCUT2D eigenvalue weighted by molar-refractivity contribution is 5.97. The number of carbonyl (C=O) groups excluding carboxylic acids is 8. The van der Waals surface area contributed by atoms with Crippen LogP contribution in [-0.2, 0) is 61.9 Å². The molecule has 1 aromatic heterocycles. The summed E-state index contributed by atoms with van der Waals surface area (Å²) in [5.74, 6) is -2.32. The summed E-state index contributed by atoms with van der Waals surface area (Å²) in [6.07, 6.45) is -3.20. The molecule has 10 atom stereocenters. The number of hydrogen-bond acceptors (Lipinski definition) is 22. The first kappa shape index (κ1) is 83.7. The Morgan fingerprint density at radius 1 is 0.536 bits per heavy atom. The molecule has 4 heterocycles. The Hall–Kier alpha value is -7.49. The van der Waals surface area contributed by atoms with Crippen molar-refractivity contribution in [1.29, 1.82) is 0 Å². The van der Waals surface area contributed by atoms with Gasteiger partial charge in [-0.05, 0) is 95.8 Å². The molecule has 0 spiro atoms. The number of para-hydroxylation sites is 1. The van der Waals surface area contributed by atoms with E-state index in [2.05, 4.69) is 52.4 Å². The second-order valence-corrected chi connectivity index (χ2v) is 23.4. The molecule has 3 fully saturated rings. The Balaban J connectivity index is 0.000000495. The smallest absolute Gasteiger partial charge is 0.252 e. The van der Waals surface area contributed by atoms with Crippen molar-refractivity contribution in [2.75, 3.05) is 84.1 Å². The first-order valence-corrected chi connectivity index (χ1v) is 32.4. The molecule has 30 heteroatoms. The zero-order valence-corrected chi connectivity index (χ0v) is 55.1. The largest absolute Gasteiger partial charge is 0.439 e. The summed E-state index contributed by atoms with van der Waals surface area (Å²) in [7, 11) is 0. The van der Waals surface area contributed by atoms with Crippen LogP contribution >= 0.6 is 0 Å². The molecule has 544 valence electrons. The molecule has 8 amide bonds. The molecule has 12 N–H and O–H groups in total. The van der Waals surface area contributed by atoms with Crippen LogP contribution in [0, 0.1) is 0 Å². The topological polar surface area (TPSA) is 404 Å². The van der Waals surface area contributed by atoms with Gasteiger partial charge in [0.1, 0.15) is 80.8 Å². The van der Waals surface area contributed by atoms with Crippen molar-refractivity contribution in [3.8, 4) is 11.6 Å². The van der Waals surface area contributed by atoms with Gasteiger partial charge in [0.25, 0.3) is 11.8 Å². The van der Waals surface area contributed by atoms with Crippen LogP contribution in [0.15, 0.2) is 72.9 Å². The van der Waals surface area contributed by atoms with Crippen LogP contribution in [0.3, 0.4) is 0 Å². The molecule has 6 rings (SSSR count). The fraction of sp³-hybridized carbons (Fsp3) is 0.627. The molecule has 0 bridgehead atoms. The van der Waals surface area contributed by atoms with Crippen molar-refractivity contribution in [1.82, 2.24) is 47.5 Å². The minimum Gasteiger partial charge on any atom is -0.439 e. The maximum absolute atomic E-state index is 12.8. The van der Waals surface area contributed by atoms with Gasteiger partial charge in [-0.1, -0.05) is 58.7 Å². The van der Waals surface area contributed by atoms with Gasteiger partial charge >= 0.3 is 0 Å². The number of morpholine rings is 1. The zero-order valence-electron chi connectivity index (χ0n) is 55.1. The molecule has 10 unspecified atom stereocenters. The van der Waals surface area contributed by atoms with Gasteiger partial charge in [0.05, 0.1) is 31.0 Å². The molecule has 0 radical (unpaired) electrons. The summed E-state index contributed by atoms with van der Waals surface area (Å²) in [5, 5.41) is 64.1. The normalized spacial score (nSPS) is 21.2. The molecule has 3 saturated heterocycles. The van der Waals surface area contributed by atoms with Crippen LogP contribution in [0.1, 0.15) is 141 Å². The molecule has 3 aliphatic heterocycles. The Morgan fingerprint density at radius 3 is 1.40 bits per heavy atom. The van der Waals surface area contributed by atoms with Crippen molar-refractivity contribution >= 4 is 52.9 Å². The van der Waals surface area contributed by atoms with Crippen molar-refractivity contribution in [3.63, 3.8) is 0 Å². The Morgan fingerprint density at radius 2 is 0.969 bits per heavy atom. The van der Waals surface area contributed by atoms with Gasteiger partial charge in [-0.15, -0.1) is 0 Å². The van der Waals surface area contributed by atoms with Crippen molar-refractivity contribution in [3.05, 3.63) is 84.1 Å². The van der Waals surface area contributed by atoms with Gasteiger partial charge in [0.2, 0.25) is 41.3 Å². The van der Waals surface area contributed by atoms with Gasteiger partial charge in [-0.25, -0.2) is 4.98 Å². The van der Waals surface area contributed by atoms with Crippen molar-refractivity contribution < 1.29 is 96.7 Å². The van der Waals surface area contributed by atoms with E-state index in [4.69, 9.17) is 37.9 Å². The van der Waals surface area contributed by atoms with Crippen LogP contribution < -0.4 is 52.2 Å². The number of anilines is 1. The van der Waals surface area contributed by atoms with Gasteiger partial charge in [0, 0.05) is 89.8 Å². The minimum absolute atomic E-state index is 0. The Labute approximate surface area is 569 Å². The lowest BCUT2D eigenvalue weighted by molar-refractivity contribution is -0.262. The lowest BCUT2D eigenvalue weighted by atomic mass is 9.96. The molecule has 97 heavy (non-hydrogen) atoms. The number of hydrogen-bond donors (Lipinski definition) is 12. The number of ether oxygens (including phenoxy) is 8. The summed E-state index contributed by atoms with van der Waals surface area (Å²) in [6, 6.07) is 17.3. The van der Waals surface area contributed by atoms with Crippen molar-refractivity contribution in [2.45, 2.75) is 194 Å². The van der Waals surface area contributed by atoms with Crippen LogP contribution in [0.25, 0.3) is 0 Å². The van der Waals surface area contributed by atoms with E-state index in [9.17, 15) is 58.8 Å². The number of nitrogens with zero attached hydrogens (tertiary/aromatic N) is 2. The maximum atomic E-state index is 12.8. The molecule has 3 aromatic rings. The minimum atomic E-state index is -1.42. The Bertz CT molecular complexity index is 2800. The molecular formula is C67H106N10O20. The number of aromatic nitrogens is 1. The van der Waals surface area contributed by atoms with Crippen LogP contribution in [0.4, 0.5) is 5.69 Å². The number of nitrogens with one attached hydrogen (secondary N) is 8. The predicted octanol–water partition coefficient (Wildman–Crippen LogP) is 2.20. The van der Waals surface area contributed by atoms with E-state index in [0.717, 1.165) is 44.5 Å². The fourth-order valence-electron chi connectivity index (χ4n) is 9.82. The number of rotatable bonds is 37. The quantitative estimate of drug-likeness (QED) is 0.0224. The SMILES string of the molecule is C.C.CC(=O)NC1C(OCCCCCCNC(=O)CC(=O)NCOC(C)C)OC(CNC(=O)c2ccc(N3CCOCC3)cc2)C(O)C1O.CC(=O)NC1C(OCCCCCCNC(=O)CC(=O)NCOC(C)C)OC(CNC(=O)c2ccc(Oc3ccccc3)nc2)C(O)C1O. The number of aliphatic hydroxyl groups is 4. The first-order chi connectivity index (χ1) is 45.6. The van der Waals surface area contributed by atoms with E-state index < -0.39 is 90.8 Å². The van der Waals surface area contributed by atoms with Crippen LogP contribution in [-0.4, -0.2) is 225 Å². The predicted molar refractivity (Wildman–Crippen MR) is 357 cm³/mol. The number of amides is 8. The molecule has 2 aromatic carbocycles. The van der Waals surface area contributed by atoms with E-state index in [1.165, 1.54) is 20.0 Å². The second-order valence-electron chi connectivity index (χ2n) is 23.4. The summed E-state index contributed by atoms with van der Waals surface area (Å²) in [5.41, 5.74) is 1.69. The summed E-state index contributed by atoms with van der Waals surface area (Å²) < 4.78 is 45.1. The van der Waals surface area contributed by atoms with Gasteiger partial charge in [0.15, 0.2) is 12.6 Å². The van der Waals surface area contributed by atoms with Crippen LogP contribution in [0.2, 0.25) is 0 Å². The van der Waals surface area contributed by atoms with E-state index in [-0.39, 0.29) is 103 Å². The van der Waals surface area contributed by atoms with E-state index >= 15 is 0 Å². The zero-order chi connectivity index (χ0) is 69.1. The molecule has 0 aliphatic carbocycles. The molecular weight excluding hydrogens is 1260 g/mol. The first-order valence-electron chi connectivity index (χ1n) is 32.4. The van der Waals surface area contributed by atoms with Gasteiger partial charge < -0.3 is 106 Å². The van der Waals surface area contributed by atoms with E-state index in [0.29, 0.717) is 69.2 Å². The molecule has 3 aliphatic rings. The van der Waals surface area contributed by atoms with E-state index in [1.807, 2.05) is 58.0 Å². The van der Waals surface area contributed by atoms with Crippen LogP contribution in [0.5, 0.6) is 11.6 Å². The third-order valence-electron chi connectivity index (χ3n) is 14.9. The summed E-state index contributed by atoms with van der Waals surface area (Å²) >= 11 is 0. The number of aliphatic hydroxyl groups excluding tert-OH is 4. The fourth-order valence-corrected chi connectivity index (χ4v) is 9.82. The third kappa shape index (κ3) is 31.7. The third-order valence-corrected chi connectivity index (χ3v) is 14.9. The highest BCUT2D eigenvalue weighted by Crippen LogP contribution is 2.26. The number of benzene rings is 2. The summed E-state index contributed by atoms with van der Waals surface area (Å²) in [4.78, 5) is 103. The monoisotopic (exact) mass is 1370 g/mol. The lowest BCUT2D eigenvalue weighted by Gasteiger charge is -2.42. The average Bonchev–Trinajstić information content (AvgIpc) is 0.818. The highest BCUT2D eigenvalue weighted by Gasteiger charge is 2.47. The second kappa shape index (κ2) is 45.9. The standard InChI is InChI=1S/C33H47N5O10.C32H51N5O10.2CH4/c1-21(2)46-20-37-27(41)17-26(40)34-15-9-4-5-10-16-45-33-29(38-22(3)39)31(43)30(42)25(48-33)19-36-32(44)23-13-14-28(35-18-23)47-24-11-7-6-8-12-24;1-21(2)46-20-35-27(40)18-26(39)33-12-6-4-5-7-15-45-32-28(36-22(3)38)30(42)29(41)25(47-32)19-34-31(43)23-8-10-24(11-9-23)37-13-16-44-17-14-37;;/h6-8,11-14,18,21,25,29-31,33,42-43H,4-5,9-10,15-17,19-20H2,1-3H3,(H,34,40)(H,36,44)(H,37,41)(H,38,39);8-11,21,25,28-30,32,41-42H,4-7,12-20H2,1-3H3,(H,33,39)(H,34,43)(H,35,40)(H,36,38);2*1H4. The average molecular weight is 1370 g/mol. The number of pyridine rings is 1. The summed E-state index contributed by atoms with van der Waals surface area (Å²) in [6.45, 7) is 14.1. The highest BCUT2D eigenvalue weighted by atomic mass is 16.7. The number of carbonyl (C=O) groups is 8. The maximum Gasteiger partial charge on any atom is 0.252 e. The molecule has 30 nitrogen and oxygen atoms in total. The lowest BCUT2D eigenvalue weighted by Crippen LogP contribution is -2.65. The van der Waals surface area contributed by atoms with Gasteiger partial charge in [-0.2, -0.15) is 0 Å². The van der Waals surface area contributed by atoms with Crippen molar-refractivity contribution in [2.24, 2.45) is 0 Å².